The van der Waals surface area contributed by atoms with E-state index in [2.05, 4.69) is 4.72 Å². The summed E-state index contributed by atoms with van der Waals surface area (Å²) in [4.78, 5) is 34.8. The fraction of sp³-hybridized carbons (Fsp3) is 0.250. The van der Waals surface area contributed by atoms with Gasteiger partial charge in [-0.3, -0.25) is 24.4 Å². The number of phenols is 1. The number of fused-ring (bicyclic) bond motifs is 1. The molecule has 0 heterocycles. The number of carbonyl (C=O) groups is 2. The molecular formula is C24H21F3N2O9S. The summed E-state index contributed by atoms with van der Waals surface area (Å²) in [6.45, 7) is 2.67. The number of Topliss-reactive ketones (excluding diaryl/α,β-unsaturated/α-hetero) is 1. The smallest absolute Gasteiger partial charge is 0.451 e. The second kappa shape index (κ2) is 10.8. The summed E-state index contributed by atoms with van der Waals surface area (Å²) in [6, 6.07) is 8.81. The number of benzene rings is 3. The van der Waals surface area contributed by atoms with Gasteiger partial charge in [0.1, 0.15) is 5.75 Å². The van der Waals surface area contributed by atoms with Gasteiger partial charge in [-0.1, -0.05) is 24.3 Å². The standard InChI is InChI=1S/C24H21F3N2O9S/c1-12(2)38-23(32)20(22(31)24(25,26)27)16-11-17(14-6-4-5-7-15(14)21(16)30)28-39(35,36)13-8-9-19(37-3)18(10-13)29(33)34/h4-12,20,28,30H,1-3H3/t20-/m0/s1. The zero-order valence-corrected chi connectivity index (χ0v) is 21.3. The van der Waals surface area contributed by atoms with Gasteiger partial charge in [0.25, 0.3) is 15.8 Å². The predicted molar refractivity (Wildman–Crippen MR) is 131 cm³/mol. The molecule has 15 heteroatoms. The molecule has 0 fully saturated rings. The van der Waals surface area contributed by atoms with E-state index >= 15 is 0 Å². The fourth-order valence-electron chi connectivity index (χ4n) is 3.71. The lowest BCUT2D eigenvalue weighted by molar-refractivity contribution is -0.386. The Labute approximate surface area is 219 Å². The Kier molecular flexibility index (Phi) is 8.05. The maximum Gasteiger partial charge on any atom is 0.451 e. The summed E-state index contributed by atoms with van der Waals surface area (Å²) in [5.74, 6) is -7.94. The van der Waals surface area contributed by atoms with Crippen molar-refractivity contribution in [2.24, 2.45) is 0 Å². The van der Waals surface area contributed by atoms with Gasteiger partial charge >= 0.3 is 17.8 Å². The van der Waals surface area contributed by atoms with E-state index in [9.17, 15) is 46.4 Å². The van der Waals surface area contributed by atoms with Crippen molar-refractivity contribution in [2.45, 2.75) is 36.9 Å². The second-order valence-electron chi connectivity index (χ2n) is 8.38. The second-order valence-corrected chi connectivity index (χ2v) is 10.1. The number of rotatable bonds is 9. The minimum absolute atomic E-state index is 0.0132. The van der Waals surface area contributed by atoms with Crippen LogP contribution in [-0.4, -0.2) is 49.6 Å². The minimum atomic E-state index is -5.51. The topological polar surface area (TPSA) is 162 Å². The van der Waals surface area contributed by atoms with Gasteiger partial charge in [-0.25, -0.2) is 8.42 Å². The van der Waals surface area contributed by atoms with E-state index in [1.165, 1.54) is 38.1 Å². The SMILES string of the molecule is COc1ccc(S(=O)(=O)Nc2cc([C@H](C(=O)OC(C)C)C(=O)C(F)(F)F)c(O)c3ccccc23)cc1[N+](=O)[O-]. The third-order valence-electron chi connectivity index (χ3n) is 5.39. The van der Waals surface area contributed by atoms with Crippen LogP contribution >= 0.6 is 0 Å². The Balaban J connectivity index is 2.25. The first kappa shape index (κ1) is 29.2. The number of hydrogen-bond acceptors (Lipinski definition) is 9. The molecule has 208 valence electrons. The number of nitro benzene ring substituents is 1. The number of halogens is 3. The molecule has 0 radical (unpaired) electrons. The van der Waals surface area contributed by atoms with Crippen LogP contribution in [0.3, 0.4) is 0 Å². The molecule has 0 saturated carbocycles. The number of nitrogens with one attached hydrogen (secondary N) is 1. The summed E-state index contributed by atoms with van der Waals surface area (Å²) in [6.07, 6.45) is -6.44. The van der Waals surface area contributed by atoms with E-state index < -0.39 is 72.5 Å². The van der Waals surface area contributed by atoms with Crippen LogP contribution in [0.15, 0.2) is 53.4 Å². The van der Waals surface area contributed by atoms with Crippen molar-refractivity contribution >= 4 is 43.9 Å². The summed E-state index contributed by atoms with van der Waals surface area (Å²) in [7, 11) is -3.50. The van der Waals surface area contributed by atoms with Crippen molar-refractivity contribution in [2.75, 3.05) is 11.8 Å². The molecule has 3 aromatic rings. The molecule has 2 N–H and O–H groups in total. The molecule has 0 aliphatic carbocycles. The molecule has 0 spiro atoms. The molecule has 0 aliphatic rings. The molecule has 3 rings (SSSR count). The number of phenolic OH excluding ortho intramolecular Hbond substituents is 1. The number of ketones is 1. The number of anilines is 1. The summed E-state index contributed by atoms with van der Waals surface area (Å²) >= 11 is 0. The van der Waals surface area contributed by atoms with Crippen molar-refractivity contribution in [1.29, 1.82) is 0 Å². The monoisotopic (exact) mass is 570 g/mol. The van der Waals surface area contributed by atoms with Gasteiger partial charge in [-0.05, 0) is 32.0 Å². The van der Waals surface area contributed by atoms with E-state index in [1.807, 2.05) is 0 Å². The number of methoxy groups -OCH3 is 1. The van der Waals surface area contributed by atoms with Crippen molar-refractivity contribution < 1.29 is 50.7 Å². The summed E-state index contributed by atoms with van der Waals surface area (Å²) in [5.41, 5.74) is -1.96. The largest absolute Gasteiger partial charge is 0.507 e. The van der Waals surface area contributed by atoms with Gasteiger partial charge in [0.15, 0.2) is 11.7 Å². The zero-order chi connectivity index (χ0) is 29.3. The summed E-state index contributed by atoms with van der Waals surface area (Å²) in [5, 5.41) is 22.0. The third-order valence-corrected chi connectivity index (χ3v) is 6.75. The Morgan fingerprint density at radius 1 is 1.08 bits per heavy atom. The van der Waals surface area contributed by atoms with Crippen molar-refractivity contribution in [1.82, 2.24) is 0 Å². The first-order chi connectivity index (χ1) is 18.1. The fourth-order valence-corrected chi connectivity index (χ4v) is 4.80. The molecule has 0 aliphatic heterocycles. The van der Waals surface area contributed by atoms with Gasteiger partial charge in [-0.15, -0.1) is 0 Å². The molecule has 1 atom stereocenters. The average molecular weight is 570 g/mol. The number of esters is 1. The highest BCUT2D eigenvalue weighted by Gasteiger charge is 2.49. The number of sulfonamides is 1. The minimum Gasteiger partial charge on any atom is -0.507 e. The molecule has 11 nitrogen and oxygen atoms in total. The van der Waals surface area contributed by atoms with Crippen LogP contribution in [0.2, 0.25) is 0 Å². The van der Waals surface area contributed by atoms with E-state index in [1.54, 1.807) is 0 Å². The first-order valence-corrected chi connectivity index (χ1v) is 12.5. The Morgan fingerprint density at radius 3 is 2.23 bits per heavy atom. The van der Waals surface area contributed by atoms with Crippen molar-refractivity contribution in [3.05, 3.63) is 64.2 Å². The first-order valence-electron chi connectivity index (χ1n) is 11.0. The molecular weight excluding hydrogens is 549 g/mol. The van der Waals surface area contributed by atoms with Gasteiger partial charge in [-0.2, -0.15) is 13.2 Å². The molecule has 3 aromatic carbocycles. The molecule has 39 heavy (non-hydrogen) atoms. The lowest BCUT2D eigenvalue weighted by atomic mass is 9.90. The van der Waals surface area contributed by atoms with Crippen LogP contribution in [-0.2, 0) is 24.3 Å². The van der Waals surface area contributed by atoms with Gasteiger partial charge in [0.2, 0.25) is 0 Å². The third kappa shape index (κ3) is 6.03. The zero-order valence-electron chi connectivity index (χ0n) is 20.5. The number of carbonyl (C=O) groups excluding carboxylic acids is 2. The number of hydrogen-bond donors (Lipinski definition) is 2. The quantitative estimate of drug-likeness (QED) is 0.125. The number of ether oxygens (including phenoxy) is 2. The Morgan fingerprint density at radius 2 is 1.69 bits per heavy atom. The van der Waals surface area contributed by atoms with Crippen molar-refractivity contribution in [3.63, 3.8) is 0 Å². The van der Waals surface area contributed by atoms with Gasteiger partial charge in [0.05, 0.1) is 28.7 Å². The lowest BCUT2D eigenvalue weighted by Crippen LogP contribution is -2.35. The van der Waals surface area contributed by atoms with Crippen LogP contribution < -0.4 is 9.46 Å². The van der Waals surface area contributed by atoms with Gasteiger partial charge < -0.3 is 14.6 Å². The van der Waals surface area contributed by atoms with Crippen LogP contribution in [0.4, 0.5) is 24.5 Å². The molecule has 0 saturated heterocycles. The maximum atomic E-state index is 13.5. The lowest BCUT2D eigenvalue weighted by Gasteiger charge is -2.21. The number of nitrogens with zero attached hydrogens (tertiary/aromatic N) is 1. The van der Waals surface area contributed by atoms with E-state index in [0.29, 0.717) is 12.1 Å². The van der Waals surface area contributed by atoms with E-state index in [-0.39, 0.29) is 16.5 Å². The van der Waals surface area contributed by atoms with E-state index in [4.69, 9.17) is 9.47 Å². The average Bonchev–Trinajstić information content (AvgIpc) is 2.85. The normalized spacial score (nSPS) is 12.7. The molecule has 0 unspecified atom stereocenters. The van der Waals surface area contributed by atoms with Gasteiger partial charge in [0, 0.05) is 22.4 Å². The number of nitro groups is 1. The molecule has 0 bridgehead atoms. The highest BCUT2D eigenvalue weighted by Crippen LogP contribution is 2.42. The van der Waals surface area contributed by atoms with E-state index in [0.717, 1.165) is 19.2 Å². The van der Waals surface area contributed by atoms with Crippen molar-refractivity contribution in [3.8, 4) is 11.5 Å². The maximum absolute atomic E-state index is 13.5. The van der Waals surface area contributed by atoms with Crippen LogP contribution in [0, 0.1) is 10.1 Å². The molecule has 0 aromatic heterocycles. The van der Waals surface area contributed by atoms with Crippen LogP contribution in [0.5, 0.6) is 11.5 Å². The van der Waals surface area contributed by atoms with Crippen LogP contribution in [0.1, 0.15) is 25.3 Å². The Bertz CT molecular complexity index is 1570. The Hall–Kier alpha value is -4.40. The highest BCUT2D eigenvalue weighted by molar-refractivity contribution is 7.92. The number of aromatic hydroxyl groups is 1. The van der Waals surface area contributed by atoms with Crippen LogP contribution in [0.25, 0.3) is 10.8 Å². The molecule has 0 amide bonds. The summed E-state index contributed by atoms with van der Waals surface area (Å²) < 4.78 is 78.6. The predicted octanol–water partition coefficient (Wildman–Crippen LogP) is 4.43. The highest BCUT2D eigenvalue weighted by atomic mass is 32.2. The number of alkyl halides is 3.